The van der Waals surface area contributed by atoms with E-state index in [0.717, 1.165) is 44.5 Å². The van der Waals surface area contributed by atoms with E-state index in [-0.39, 0.29) is 12.3 Å². The van der Waals surface area contributed by atoms with Gasteiger partial charge in [0.05, 0.1) is 17.1 Å². The summed E-state index contributed by atoms with van der Waals surface area (Å²) in [6, 6.07) is 21.8. The minimum Gasteiger partial charge on any atom is -0.481 e. The lowest BCUT2D eigenvalue weighted by Gasteiger charge is -2.10. The summed E-state index contributed by atoms with van der Waals surface area (Å²) in [5.74, 6) is -0.991. The number of nitrogens with one attached hydrogen (secondary N) is 1. The summed E-state index contributed by atoms with van der Waals surface area (Å²) in [7, 11) is 0. The van der Waals surface area contributed by atoms with Crippen LogP contribution in [0.1, 0.15) is 28.7 Å². The lowest BCUT2D eigenvalue weighted by molar-refractivity contribution is -0.136. The largest absolute Gasteiger partial charge is 0.481 e. The Labute approximate surface area is 220 Å². The van der Waals surface area contributed by atoms with Crippen LogP contribution in [0.15, 0.2) is 85.2 Å². The molecule has 1 amide bonds. The molecule has 0 spiro atoms. The van der Waals surface area contributed by atoms with Crippen molar-refractivity contribution in [3.8, 4) is 22.3 Å². The number of fused-ring (bicyclic) bond motifs is 1. The van der Waals surface area contributed by atoms with Gasteiger partial charge >= 0.3 is 5.97 Å². The first-order valence-corrected chi connectivity index (χ1v) is 12.4. The molecule has 6 heteroatoms. The molecule has 0 atom stereocenters. The van der Waals surface area contributed by atoms with Crippen molar-refractivity contribution in [2.75, 3.05) is 5.32 Å². The van der Waals surface area contributed by atoms with Crippen LogP contribution in [-0.2, 0) is 22.4 Å². The Kier molecular flexibility index (Phi) is 6.89. The number of allylic oxidation sites excluding steroid dienone is 1. The van der Waals surface area contributed by atoms with Crippen molar-refractivity contribution in [1.82, 2.24) is 4.98 Å². The lowest BCUT2D eigenvalue weighted by Crippen LogP contribution is -2.04. The molecule has 184 valence electrons. The average molecular weight is 509 g/mol. The van der Waals surface area contributed by atoms with E-state index < -0.39 is 5.97 Å². The fourth-order valence-electron chi connectivity index (χ4n) is 4.64. The Morgan fingerprint density at radius 1 is 0.946 bits per heavy atom. The number of hydrogen-bond donors (Lipinski definition) is 2. The van der Waals surface area contributed by atoms with E-state index >= 15 is 0 Å². The molecule has 0 fully saturated rings. The summed E-state index contributed by atoms with van der Waals surface area (Å²) in [6.07, 6.45) is 6.84. The molecule has 0 radical (unpaired) electrons. The highest BCUT2D eigenvalue weighted by atomic mass is 35.5. The zero-order valence-corrected chi connectivity index (χ0v) is 21.0. The number of amides is 1. The zero-order valence-electron chi connectivity index (χ0n) is 20.3. The third-order valence-electron chi connectivity index (χ3n) is 6.64. The first-order chi connectivity index (χ1) is 17.9. The first kappa shape index (κ1) is 24.5. The summed E-state index contributed by atoms with van der Waals surface area (Å²) in [5.41, 5.74) is 8.99. The highest BCUT2D eigenvalue weighted by molar-refractivity contribution is 6.36. The van der Waals surface area contributed by atoms with Crippen molar-refractivity contribution in [2.45, 2.75) is 26.2 Å². The van der Waals surface area contributed by atoms with E-state index in [9.17, 15) is 9.59 Å². The van der Waals surface area contributed by atoms with Crippen molar-refractivity contribution < 1.29 is 14.7 Å². The molecule has 1 aromatic heterocycles. The quantitative estimate of drug-likeness (QED) is 0.264. The Bertz CT molecular complexity index is 1530. The normalized spacial score (nSPS) is 13.5. The van der Waals surface area contributed by atoms with Crippen LogP contribution in [0.3, 0.4) is 0 Å². The number of anilines is 1. The molecular formula is C31H25ClN2O3. The molecule has 0 saturated carbocycles. The van der Waals surface area contributed by atoms with Gasteiger partial charge in [0.1, 0.15) is 0 Å². The third kappa shape index (κ3) is 5.32. The number of aryl methyl sites for hydroxylation is 2. The summed E-state index contributed by atoms with van der Waals surface area (Å²) in [6.45, 7) is 1.92. The second kappa shape index (κ2) is 10.4. The molecule has 0 unspecified atom stereocenters. The number of carbonyl (C=O) groups excluding carboxylic acids is 1. The van der Waals surface area contributed by atoms with Gasteiger partial charge in [0.25, 0.3) is 5.91 Å². The fourth-order valence-corrected chi connectivity index (χ4v) is 4.91. The summed E-state index contributed by atoms with van der Waals surface area (Å²) in [4.78, 5) is 28.0. The number of benzene rings is 3. The fraction of sp³-hybridized carbons (Fsp3) is 0.129. The molecule has 2 N–H and O–H groups in total. The molecule has 4 aromatic rings. The Morgan fingerprint density at radius 3 is 2.38 bits per heavy atom. The van der Waals surface area contributed by atoms with Gasteiger partial charge in [0.15, 0.2) is 0 Å². The summed E-state index contributed by atoms with van der Waals surface area (Å²) >= 11 is 6.62. The molecule has 1 aliphatic heterocycles. The molecular weight excluding hydrogens is 484 g/mol. The minimum absolute atomic E-state index is 0.00359. The predicted molar refractivity (Wildman–Crippen MR) is 148 cm³/mol. The predicted octanol–water partition coefficient (Wildman–Crippen LogP) is 6.97. The van der Waals surface area contributed by atoms with Crippen molar-refractivity contribution in [1.29, 1.82) is 0 Å². The van der Waals surface area contributed by atoms with Crippen LogP contribution >= 0.6 is 11.6 Å². The number of rotatable bonds is 7. The molecule has 1 aliphatic rings. The van der Waals surface area contributed by atoms with Crippen molar-refractivity contribution in [3.05, 3.63) is 112 Å². The molecule has 0 aliphatic carbocycles. The van der Waals surface area contributed by atoms with E-state index in [0.29, 0.717) is 29.1 Å². The monoisotopic (exact) mass is 508 g/mol. The number of carbonyl (C=O) groups is 2. The molecule has 5 rings (SSSR count). The van der Waals surface area contributed by atoms with E-state index in [1.165, 1.54) is 0 Å². The second-order valence-electron chi connectivity index (χ2n) is 9.13. The van der Waals surface area contributed by atoms with Gasteiger partial charge in [-0.3, -0.25) is 14.6 Å². The third-order valence-corrected chi connectivity index (χ3v) is 6.95. The number of pyridine rings is 1. The van der Waals surface area contributed by atoms with Crippen LogP contribution < -0.4 is 5.32 Å². The summed E-state index contributed by atoms with van der Waals surface area (Å²) in [5, 5.41) is 12.6. The number of carboxylic acid groups (broad SMARTS) is 1. The maximum atomic E-state index is 12.8. The molecule has 2 heterocycles. The van der Waals surface area contributed by atoms with E-state index in [4.69, 9.17) is 16.7 Å². The van der Waals surface area contributed by atoms with Crippen LogP contribution in [0, 0.1) is 6.92 Å². The first-order valence-electron chi connectivity index (χ1n) is 12.1. The number of carboxylic acids is 1. The van der Waals surface area contributed by atoms with Gasteiger partial charge in [-0.25, -0.2) is 0 Å². The van der Waals surface area contributed by atoms with Crippen LogP contribution in [0.2, 0.25) is 5.02 Å². The van der Waals surface area contributed by atoms with Gasteiger partial charge in [0, 0.05) is 29.1 Å². The highest BCUT2D eigenvalue weighted by Gasteiger charge is 2.25. The van der Waals surface area contributed by atoms with Crippen LogP contribution in [0.25, 0.3) is 27.8 Å². The smallest absolute Gasteiger partial charge is 0.307 e. The number of nitrogens with zero attached hydrogens (tertiary/aromatic N) is 1. The molecule has 3 aromatic carbocycles. The van der Waals surface area contributed by atoms with Crippen molar-refractivity contribution in [2.24, 2.45) is 0 Å². The number of aromatic nitrogens is 1. The number of aliphatic carboxylic acids is 1. The van der Waals surface area contributed by atoms with Gasteiger partial charge in [-0.05, 0) is 77.4 Å². The van der Waals surface area contributed by atoms with E-state index in [1.807, 2.05) is 61.5 Å². The second-order valence-corrected chi connectivity index (χ2v) is 9.54. The molecule has 5 nitrogen and oxygen atoms in total. The standard InChI is InChI=1S/C31H25ClN2O3/c1-19-5-6-20(15-24(19)16-30(35)36)3-2-4-25-27-17-26(28(32)18-29(27)34-31(25)37)23-9-7-21(8-10-23)22-11-13-33-14-12-22/h4-15,17-18H,2-3,16H2,1H3,(H,34,37)(H,35,36)/b25-4-. The zero-order chi connectivity index (χ0) is 25.9. The van der Waals surface area contributed by atoms with Crippen LogP contribution in [0.4, 0.5) is 5.69 Å². The molecule has 0 bridgehead atoms. The van der Waals surface area contributed by atoms with E-state index in [1.54, 1.807) is 18.5 Å². The Balaban J connectivity index is 1.38. The van der Waals surface area contributed by atoms with Gasteiger partial charge in [-0.2, -0.15) is 0 Å². The summed E-state index contributed by atoms with van der Waals surface area (Å²) < 4.78 is 0. The van der Waals surface area contributed by atoms with Gasteiger partial charge in [-0.15, -0.1) is 0 Å². The van der Waals surface area contributed by atoms with Crippen molar-refractivity contribution >= 4 is 34.7 Å². The SMILES string of the molecule is Cc1ccc(CC/C=C2\C(=O)Nc3cc(Cl)c(-c4ccc(-c5ccncc5)cc4)cc32)cc1CC(=O)O. The minimum atomic E-state index is -0.844. The molecule has 37 heavy (non-hydrogen) atoms. The van der Waals surface area contributed by atoms with Gasteiger partial charge in [0.2, 0.25) is 0 Å². The number of halogens is 1. The average Bonchev–Trinajstić information content (AvgIpc) is 3.19. The van der Waals surface area contributed by atoms with E-state index in [2.05, 4.69) is 22.4 Å². The number of hydrogen-bond acceptors (Lipinski definition) is 3. The maximum absolute atomic E-state index is 12.8. The van der Waals surface area contributed by atoms with Crippen LogP contribution in [0.5, 0.6) is 0 Å². The van der Waals surface area contributed by atoms with Crippen molar-refractivity contribution in [3.63, 3.8) is 0 Å². The van der Waals surface area contributed by atoms with Crippen LogP contribution in [-0.4, -0.2) is 22.0 Å². The van der Waals surface area contributed by atoms with Gasteiger partial charge < -0.3 is 10.4 Å². The highest BCUT2D eigenvalue weighted by Crippen LogP contribution is 2.40. The Hall–Kier alpha value is -4.22. The molecule has 0 saturated heterocycles. The topological polar surface area (TPSA) is 79.3 Å². The lowest BCUT2D eigenvalue weighted by atomic mass is 9.96. The Morgan fingerprint density at radius 2 is 1.65 bits per heavy atom. The van der Waals surface area contributed by atoms with Gasteiger partial charge in [-0.1, -0.05) is 60.1 Å². The maximum Gasteiger partial charge on any atom is 0.307 e.